The lowest BCUT2D eigenvalue weighted by molar-refractivity contribution is 0.102. The molecule has 0 aliphatic carbocycles. The highest BCUT2D eigenvalue weighted by molar-refractivity contribution is 7.91. The average Bonchev–Trinajstić information content (AvgIpc) is 2.75. The maximum Gasteiger partial charge on any atom is 0.257 e. The summed E-state index contributed by atoms with van der Waals surface area (Å²) >= 11 is 6.31. The van der Waals surface area contributed by atoms with Crippen LogP contribution < -0.4 is 10.2 Å². The number of amides is 1. The van der Waals surface area contributed by atoms with Crippen molar-refractivity contribution in [2.45, 2.75) is 6.92 Å². The molecule has 2 aromatic heterocycles. The highest BCUT2D eigenvalue weighted by Crippen LogP contribution is 2.29. The fraction of sp³-hybridized carbons (Fsp3) is 0.227. The van der Waals surface area contributed by atoms with Crippen molar-refractivity contribution in [2.75, 3.05) is 34.8 Å². The number of halogens is 1. The molecule has 9 heteroatoms. The molecule has 0 radical (unpaired) electrons. The van der Waals surface area contributed by atoms with E-state index in [-0.39, 0.29) is 17.4 Å². The number of pyridine rings is 2. The molecule has 1 fully saturated rings. The Bertz CT molecular complexity index is 1220. The number of nitrogens with zero attached hydrogens (tertiary/aromatic N) is 3. The maximum atomic E-state index is 12.8. The molecule has 160 valence electrons. The minimum Gasteiger partial charge on any atom is -0.355 e. The Morgan fingerprint density at radius 2 is 1.87 bits per heavy atom. The molecule has 0 atom stereocenters. The van der Waals surface area contributed by atoms with Crippen LogP contribution in [0.1, 0.15) is 16.1 Å². The molecular weight excluding hydrogens is 436 g/mol. The van der Waals surface area contributed by atoms with E-state index < -0.39 is 9.84 Å². The molecule has 7 nitrogen and oxygen atoms in total. The number of hydrogen-bond donors (Lipinski definition) is 1. The Morgan fingerprint density at radius 1 is 1.10 bits per heavy atom. The van der Waals surface area contributed by atoms with Crippen molar-refractivity contribution < 1.29 is 13.2 Å². The third kappa shape index (κ3) is 4.86. The Morgan fingerprint density at radius 3 is 2.55 bits per heavy atom. The zero-order valence-electron chi connectivity index (χ0n) is 16.9. The third-order valence-corrected chi connectivity index (χ3v) is 7.09. The van der Waals surface area contributed by atoms with Crippen molar-refractivity contribution >= 4 is 38.9 Å². The second-order valence-corrected chi connectivity index (χ2v) is 10.0. The summed E-state index contributed by atoms with van der Waals surface area (Å²) in [6.45, 7) is 2.57. The number of nitrogens with one attached hydrogen (secondary N) is 1. The van der Waals surface area contributed by atoms with Gasteiger partial charge in [0.25, 0.3) is 5.91 Å². The van der Waals surface area contributed by atoms with Gasteiger partial charge in [0, 0.05) is 30.5 Å². The topological polar surface area (TPSA) is 92.3 Å². The SMILES string of the molecule is Cc1nc(N2CCS(=O)(=O)CC2)ccc1C(=O)Nc1ccc(Cl)c(-c2ccccn2)c1. The number of aromatic nitrogens is 2. The summed E-state index contributed by atoms with van der Waals surface area (Å²) in [5.41, 5.74) is 3.06. The monoisotopic (exact) mass is 456 g/mol. The summed E-state index contributed by atoms with van der Waals surface area (Å²) in [5, 5.41) is 3.43. The van der Waals surface area contributed by atoms with Crippen LogP contribution in [0.3, 0.4) is 0 Å². The van der Waals surface area contributed by atoms with Gasteiger partial charge in [0.1, 0.15) is 5.82 Å². The molecule has 3 heterocycles. The van der Waals surface area contributed by atoms with Crippen LogP contribution in [0.5, 0.6) is 0 Å². The summed E-state index contributed by atoms with van der Waals surface area (Å²) in [7, 11) is -2.96. The molecule has 4 rings (SSSR count). The first-order chi connectivity index (χ1) is 14.8. The number of carbonyl (C=O) groups is 1. The van der Waals surface area contributed by atoms with Crippen LogP contribution in [0.15, 0.2) is 54.7 Å². The molecule has 1 aliphatic rings. The molecular formula is C22H21ClN4O3S. The smallest absolute Gasteiger partial charge is 0.257 e. The van der Waals surface area contributed by atoms with E-state index in [1.54, 1.807) is 43.5 Å². The highest BCUT2D eigenvalue weighted by Gasteiger charge is 2.23. The van der Waals surface area contributed by atoms with Crippen LogP contribution in [0.4, 0.5) is 11.5 Å². The number of benzene rings is 1. The lowest BCUT2D eigenvalue weighted by atomic mass is 10.1. The summed E-state index contributed by atoms with van der Waals surface area (Å²) in [5.74, 6) is 0.621. The van der Waals surface area contributed by atoms with Gasteiger partial charge in [0.05, 0.1) is 33.5 Å². The number of aryl methyl sites for hydroxylation is 1. The highest BCUT2D eigenvalue weighted by atomic mass is 35.5. The van der Waals surface area contributed by atoms with E-state index >= 15 is 0 Å². The van der Waals surface area contributed by atoms with E-state index in [1.165, 1.54) is 0 Å². The van der Waals surface area contributed by atoms with Crippen LogP contribution in [0.25, 0.3) is 11.3 Å². The van der Waals surface area contributed by atoms with Crippen molar-refractivity contribution in [1.82, 2.24) is 9.97 Å². The molecule has 1 aliphatic heterocycles. The second-order valence-electron chi connectivity index (χ2n) is 7.31. The quantitative estimate of drug-likeness (QED) is 0.645. The number of rotatable bonds is 4. The molecule has 31 heavy (non-hydrogen) atoms. The summed E-state index contributed by atoms with van der Waals surface area (Å²) in [4.78, 5) is 23.6. The summed E-state index contributed by atoms with van der Waals surface area (Å²) in [6, 6.07) is 14.3. The first kappa shape index (κ1) is 21.3. The van der Waals surface area contributed by atoms with Gasteiger partial charge in [-0.1, -0.05) is 17.7 Å². The van der Waals surface area contributed by atoms with E-state index in [9.17, 15) is 13.2 Å². The lowest BCUT2D eigenvalue weighted by Crippen LogP contribution is -2.40. The van der Waals surface area contributed by atoms with Crippen LogP contribution in [-0.2, 0) is 9.84 Å². The Balaban J connectivity index is 1.52. The standard InChI is InChI=1S/C22H21ClN4O3S/c1-15-17(6-8-21(25-15)27-10-12-31(29,30)13-11-27)22(28)26-16-5-7-19(23)18(14-16)20-4-2-3-9-24-20/h2-9,14H,10-13H2,1H3,(H,26,28). The summed E-state index contributed by atoms with van der Waals surface area (Å²) < 4.78 is 23.3. The van der Waals surface area contributed by atoms with E-state index in [1.807, 2.05) is 23.1 Å². The van der Waals surface area contributed by atoms with Crippen molar-refractivity contribution in [1.29, 1.82) is 0 Å². The minimum absolute atomic E-state index is 0.116. The second kappa shape index (κ2) is 8.64. The Kier molecular flexibility index (Phi) is 5.93. The van der Waals surface area contributed by atoms with Gasteiger partial charge in [-0.3, -0.25) is 9.78 Å². The Labute approximate surface area is 186 Å². The van der Waals surface area contributed by atoms with Crippen LogP contribution >= 0.6 is 11.6 Å². The number of carbonyl (C=O) groups excluding carboxylic acids is 1. The van der Waals surface area contributed by atoms with Gasteiger partial charge in [-0.25, -0.2) is 13.4 Å². The van der Waals surface area contributed by atoms with E-state index in [0.717, 1.165) is 5.56 Å². The van der Waals surface area contributed by atoms with Crippen molar-refractivity contribution in [3.63, 3.8) is 0 Å². The lowest BCUT2D eigenvalue weighted by Gasteiger charge is -2.28. The molecule has 1 N–H and O–H groups in total. The van der Waals surface area contributed by atoms with Crippen LogP contribution in [0, 0.1) is 6.92 Å². The van der Waals surface area contributed by atoms with Gasteiger partial charge >= 0.3 is 0 Å². The predicted molar refractivity (Wildman–Crippen MR) is 122 cm³/mol. The van der Waals surface area contributed by atoms with E-state index in [0.29, 0.717) is 46.6 Å². The van der Waals surface area contributed by atoms with Gasteiger partial charge in [0.15, 0.2) is 9.84 Å². The number of sulfone groups is 1. The third-order valence-electron chi connectivity index (χ3n) is 5.15. The van der Waals surface area contributed by atoms with Gasteiger partial charge in [-0.05, 0) is 49.4 Å². The molecule has 1 aromatic carbocycles. The first-order valence-corrected chi connectivity index (χ1v) is 12.0. The molecule has 0 spiro atoms. The first-order valence-electron chi connectivity index (χ1n) is 9.78. The maximum absolute atomic E-state index is 12.8. The van der Waals surface area contributed by atoms with Gasteiger partial charge in [0.2, 0.25) is 0 Å². The minimum atomic E-state index is -2.96. The summed E-state index contributed by atoms with van der Waals surface area (Å²) in [6.07, 6.45) is 1.69. The largest absolute Gasteiger partial charge is 0.355 e. The number of hydrogen-bond acceptors (Lipinski definition) is 6. The van der Waals surface area contributed by atoms with Crippen LogP contribution in [0.2, 0.25) is 5.02 Å². The fourth-order valence-electron chi connectivity index (χ4n) is 3.43. The fourth-order valence-corrected chi connectivity index (χ4v) is 4.84. The number of anilines is 2. The van der Waals surface area contributed by atoms with E-state index in [4.69, 9.17) is 11.6 Å². The van der Waals surface area contributed by atoms with Crippen molar-refractivity contribution in [3.8, 4) is 11.3 Å². The van der Waals surface area contributed by atoms with Gasteiger partial charge < -0.3 is 10.2 Å². The predicted octanol–water partition coefficient (Wildman–Crippen LogP) is 3.59. The van der Waals surface area contributed by atoms with Crippen molar-refractivity contribution in [3.05, 3.63) is 71.0 Å². The molecule has 3 aromatic rings. The average molecular weight is 457 g/mol. The zero-order valence-corrected chi connectivity index (χ0v) is 18.4. The molecule has 1 saturated heterocycles. The van der Waals surface area contributed by atoms with E-state index in [2.05, 4.69) is 15.3 Å². The van der Waals surface area contributed by atoms with Crippen LogP contribution in [-0.4, -0.2) is 48.9 Å². The van der Waals surface area contributed by atoms with Gasteiger partial charge in [-0.2, -0.15) is 0 Å². The zero-order chi connectivity index (χ0) is 22.0. The molecule has 0 saturated carbocycles. The molecule has 0 bridgehead atoms. The van der Waals surface area contributed by atoms with Gasteiger partial charge in [-0.15, -0.1) is 0 Å². The normalized spacial score (nSPS) is 15.5. The van der Waals surface area contributed by atoms with Crippen molar-refractivity contribution in [2.24, 2.45) is 0 Å². The Hall–Kier alpha value is -2.97. The molecule has 1 amide bonds. The molecule has 0 unspecified atom stereocenters.